The largest absolute Gasteiger partial charge is 0.343 e. The van der Waals surface area contributed by atoms with Crippen LogP contribution in [-0.2, 0) is 23.7 Å². The Bertz CT molecular complexity index is 2510. The number of nitrogens with zero attached hydrogens (tertiary/aromatic N) is 4. The Kier molecular flexibility index (Phi) is 8.65. The first-order valence-electron chi connectivity index (χ1n) is 17.9. The van der Waals surface area contributed by atoms with Crippen molar-refractivity contribution in [1.29, 1.82) is 0 Å². The summed E-state index contributed by atoms with van der Waals surface area (Å²) in [5.41, 5.74) is 8.24. The molecule has 4 aromatic heterocycles. The lowest BCUT2D eigenvalue weighted by Crippen LogP contribution is -2.30. The highest BCUT2D eigenvalue weighted by molar-refractivity contribution is 5.75. The molecular weight excluding hydrogens is 717 g/mol. The molecule has 0 saturated heterocycles. The van der Waals surface area contributed by atoms with Crippen LogP contribution in [0.1, 0.15) is 44.8 Å². The van der Waals surface area contributed by atoms with Crippen LogP contribution in [0.5, 0.6) is 0 Å². The van der Waals surface area contributed by atoms with Gasteiger partial charge < -0.3 is 9.97 Å². The van der Waals surface area contributed by atoms with Gasteiger partial charge in [0.25, 0.3) is 0 Å². The summed E-state index contributed by atoms with van der Waals surface area (Å²) in [5, 5.41) is 15.1. The van der Waals surface area contributed by atoms with E-state index < -0.39 is 34.1 Å². The summed E-state index contributed by atoms with van der Waals surface area (Å²) in [5.74, 6) is -2.73. The molecular formula is C44H32F4N8. The van der Waals surface area contributed by atoms with E-state index in [9.17, 15) is 17.6 Å². The van der Waals surface area contributed by atoms with Crippen molar-refractivity contribution in [2.24, 2.45) is 0 Å². The SMILES string of the molecule is Fc1ccc(C2(c3ccccc3)C=Cc3c(-c4cnc[nH]4)n[nH]c3C2)cc1F.Fc1ccc(C2(c3ccccc3)C=Cc3c(-c4ncc[nH]4)n[nH]c3C2)cc1F. The van der Waals surface area contributed by atoms with E-state index in [2.05, 4.69) is 40.3 Å². The van der Waals surface area contributed by atoms with E-state index in [1.165, 1.54) is 24.3 Å². The van der Waals surface area contributed by atoms with Gasteiger partial charge in [-0.15, -0.1) is 0 Å². The van der Waals surface area contributed by atoms with Gasteiger partial charge in [0.15, 0.2) is 29.1 Å². The first-order valence-corrected chi connectivity index (χ1v) is 17.9. The third-order valence-corrected chi connectivity index (χ3v) is 10.7. The molecule has 56 heavy (non-hydrogen) atoms. The molecule has 276 valence electrons. The molecule has 0 fully saturated rings. The van der Waals surface area contributed by atoms with Crippen LogP contribution in [0.2, 0.25) is 0 Å². The lowest BCUT2D eigenvalue weighted by molar-refractivity contribution is 0.502. The van der Waals surface area contributed by atoms with E-state index in [0.717, 1.165) is 50.7 Å². The van der Waals surface area contributed by atoms with Crippen LogP contribution in [0, 0.1) is 23.3 Å². The quantitative estimate of drug-likeness (QED) is 0.127. The summed E-state index contributed by atoms with van der Waals surface area (Å²) >= 11 is 0. The van der Waals surface area contributed by atoms with Crippen LogP contribution in [0.15, 0.2) is 134 Å². The predicted molar refractivity (Wildman–Crippen MR) is 205 cm³/mol. The fourth-order valence-electron chi connectivity index (χ4n) is 7.84. The van der Waals surface area contributed by atoms with Crippen molar-refractivity contribution in [2.75, 3.05) is 0 Å². The van der Waals surface area contributed by atoms with Gasteiger partial charge in [-0.2, -0.15) is 10.2 Å². The molecule has 2 unspecified atom stereocenters. The average molecular weight is 749 g/mol. The van der Waals surface area contributed by atoms with Crippen molar-refractivity contribution >= 4 is 12.2 Å². The monoisotopic (exact) mass is 748 g/mol. The van der Waals surface area contributed by atoms with Gasteiger partial charge in [0.2, 0.25) is 0 Å². The van der Waals surface area contributed by atoms with Crippen molar-refractivity contribution < 1.29 is 17.6 Å². The van der Waals surface area contributed by atoms with Gasteiger partial charge in [-0.25, -0.2) is 27.5 Å². The number of fused-ring (bicyclic) bond motifs is 2. The molecule has 4 heterocycles. The van der Waals surface area contributed by atoms with E-state index >= 15 is 0 Å². The lowest BCUT2D eigenvalue weighted by Gasteiger charge is -2.34. The second-order valence-electron chi connectivity index (χ2n) is 13.8. The van der Waals surface area contributed by atoms with Crippen LogP contribution in [0.3, 0.4) is 0 Å². The minimum Gasteiger partial charge on any atom is -0.343 e. The molecule has 0 spiro atoms. The number of allylic oxidation sites excluding steroid dienone is 2. The standard InChI is InChI=1S/2C22H16F2N4/c23-17-7-6-15(10-18(17)24)22(14-4-2-1-3-5-14)9-8-16-19(11-22)27-28-21(16)20-12-25-13-26-20;23-17-7-6-15(12-18(17)24)22(14-4-2-1-3-5-14)9-8-16-19(13-22)27-28-20(16)21-25-10-11-26-21/h1-10,12-13H,11H2,(H,25,26)(H,27,28);1-12H,13H2,(H,25,26)(H,27,28). The Labute approximate surface area is 318 Å². The lowest BCUT2D eigenvalue weighted by atomic mass is 9.68. The van der Waals surface area contributed by atoms with Gasteiger partial charge in [-0.05, 0) is 46.5 Å². The summed E-state index contributed by atoms with van der Waals surface area (Å²) in [4.78, 5) is 14.5. The molecule has 0 saturated carbocycles. The number of aromatic amines is 4. The molecule has 8 nitrogen and oxygen atoms in total. The zero-order valence-electron chi connectivity index (χ0n) is 29.6. The topological polar surface area (TPSA) is 115 Å². The van der Waals surface area contributed by atoms with E-state index in [1.54, 1.807) is 37.1 Å². The molecule has 0 aliphatic heterocycles. The molecule has 10 rings (SSSR count). The molecule has 4 N–H and O–H groups in total. The molecule has 4 aromatic carbocycles. The molecule has 12 heteroatoms. The number of H-pyrrole nitrogens is 4. The van der Waals surface area contributed by atoms with Gasteiger partial charge in [0.05, 0.1) is 18.2 Å². The highest BCUT2D eigenvalue weighted by Crippen LogP contribution is 2.44. The molecule has 2 aliphatic rings. The number of halogens is 4. The van der Waals surface area contributed by atoms with Crippen LogP contribution in [0.25, 0.3) is 35.1 Å². The first-order chi connectivity index (χ1) is 27.3. The Morgan fingerprint density at radius 3 is 1.57 bits per heavy atom. The minimum absolute atomic E-state index is 0.543. The fourth-order valence-corrected chi connectivity index (χ4v) is 7.84. The zero-order valence-corrected chi connectivity index (χ0v) is 29.6. The number of aromatic nitrogens is 8. The van der Waals surface area contributed by atoms with E-state index in [4.69, 9.17) is 0 Å². The van der Waals surface area contributed by atoms with Crippen molar-refractivity contribution in [1.82, 2.24) is 40.3 Å². The number of benzene rings is 4. The third kappa shape index (κ3) is 5.95. The Balaban J connectivity index is 0.000000146. The number of nitrogens with one attached hydrogen (secondary N) is 4. The maximum absolute atomic E-state index is 14.1. The van der Waals surface area contributed by atoms with Gasteiger partial charge >= 0.3 is 0 Å². The average Bonchev–Trinajstić information content (AvgIpc) is 4.08. The van der Waals surface area contributed by atoms with Crippen molar-refractivity contribution in [2.45, 2.75) is 23.7 Å². The molecule has 0 amide bonds. The highest BCUT2D eigenvalue weighted by Gasteiger charge is 2.39. The smallest absolute Gasteiger partial charge is 0.159 e. The van der Waals surface area contributed by atoms with Gasteiger partial charge in [0.1, 0.15) is 11.4 Å². The minimum atomic E-state index is -0.854. The molecule has 2 atom stereocenters. The summed E-state index contributed by atoms with van der Waals surface area (Å²) in [6, 6.07) is 27.9. The number of imidazole rings is 2. The molecule has 0 bridgehead atoms. The maximum Gasteiger partial charge on any atom is 0.159 e. The fraction of sp³-hybridized carbons (Fsp3) is 0.0909. The third-order valence-electron chi connectivity index (χ3n) is 10.7. The second-order valence-corrected chi connectivity index (χ2v) is 13.8. The van der Waals surface area contributed by atoms with E-state index in [0.29, 0.717) is 29.8 Å². The summed E-state index contributed by atoms with van der Waals surface area (Å²) in [6.45, 7) is 0. The van der Waals surface area contributed by atoms with Gasteiger partial charge in [-0.1, -0.05) is 97.1 Å². The van der Waals surface area contributed by atoms with Crippen LogP contribution >= 0.6 is 0 Å². The zero-order chi connectivity index (χ0) is 38.3. The summed E-state index contributed by atoms with van der Waals surface area (Å²) < 4.78 is 55.3. The Morgan fingerprint density at radius 2 is 1.09 bits per heavy atom. The Hall–Kier alpha value is -7.08. The van der Waals surface area contributed by atoms with Crippen LogP contribution in [0.4, 0.5) is 17.6 Å². The molecule has 8 aromatic rings. The van der Waals surface area contributed by atoms with Crippen LogP contribution < -0.4 is 0 Å². The van der Waals surface area contributed by atoms with Crippen molar-refractivity contribution in [3.05, 3.63) is 202 Å². The summed E-state index contributed by atoms with van der Waals surface area (Å²) in [6.07, 6.45) is 15.9. The van der Waals surface area contributed by atoms with Gasteiger partial charge in [0, 0.05) is 58.6 Å². The predicted octanol–water partition coefficient (Wildman–Crippen LogP) is 9.27. The van der Waals surface area contributed by atoms with E-state index in [-0.39, 0.29) is 0 Å². The van der Waals surface area contributed by atoms with Crippen molar-refractivity contribution in [3.63, 3.8) is 0 Å². The normalized spacial score (nSPS) is 18.2. The molecule has 2 aliphatic carbocycles. The van der Waals surface area contributed by atoms with Crippen LogP contribution in [-0.4, -0.2) is 40.3 Å². The number of hydrogen-bond acceptors (Lipinski definition) is 4. The number of hydrogen-bond donors (Lipinski definition) is 4. The maximum atomic E-state index is 14.1. The second kappa shape index (κ2) is 14.0. The molecule has 0 radical (unpaired) electrons. The highest BCUT2D eigenvalue weighted by atomic mass is 19.2. The van der Waals surface area contributed by atoms with E-state index in [1.807, 2.05) is 85.0 Å². The number of rotatable bonds is 6. The Morgan fingerprint density at radius 1 is 0.554 bits per heavy atom. The van der Waals surface area contributed by atoms with Gasteiger partial charge in [-0.3, -0.25) is 10.2 Å². The van der Waals surface area contributed by atoms with Crippen molar-refractivity contribution in [3.8, 4) is 22.9 Å². The first kappa shape index (κ1) is 34.7. The summed E-state index contributed by atoms with van der Waals surface area (Å²) in [7, 11) is 0.